The van der Waals surface area contributed by atoms with Gasteiger partial charge in [-0.3, -0.25) is 4.40 Å². The first-order chi connectivity index (χ1) is 9.22. The van der Waals surface area contributed by atoms with Crippen molar-refractivity contribution in [2.75, 3.05) is 27.8 Å². The molecule has 0 radical (unpaired) electrons. The Kier molecular flexibility index (Phi) is 4.01. The highest BCUT2D eigenvalue weighted by molar-refractivity contribution is 5.95. The van der Waals surface area contributed by atoms with Crippen LogP contribution < -0.4 is 10.1 Å². The fourth-order valence-electron chi connectivity index (χ4n) is 1.99. The van der Waals surface area contributed by atoms with Crippen LogP contribution in [0.2, 0.25) is 0 Å². The summed E-state index contributed by atoms with van der Waals surface area (Å²) in [6.45, 7) is 0.762. The zero-order valence-electron chi connectivity index (χ0n) is 11.3. The van der Waals surface area contributed by atoms with Gasteiger partial charge in [0.1, 0.15) is 5.82 Å². The third kappa shape index (κ3) is 2.39. The number of aromatic nitrogens is 2. The summed E-state index contributed by atoms with van der Waals surface area (Å²) in [5.74, 6) is 0.968. The van der Waals surface area contributed by atoms with E-state index in [1.807, 2.05) is 29.6 Å². The first kappa shape index (κ1) is 13.4. The largest absolute Gasteiger partial charge is 0.482 e. The van der Waals surface area contributed by atoms with Gasteiger partial charge in [-0.15, -0.1) is 0 Å². The molecule has 0 amide bonds. The second-order valence-corrected chi connectivity index (χ2v) is 4.01. The molecule has 0 saturated carbocycles. The van der Waals surface area contributed by atoms with Gasteiger partial charge in [-0.05, 0) is 19.2 Å². The number of rotatable bonds is 5. The van der Waals surface area contributed by atoms with Crippen molar-refractivity contribution in [3.8, 4) is 5.88 Å². The number of likely N-dealkylation sites (N-methyl/N-ethyl adjacent to an activating group) is 1. The molecular formula is C13H17N3O3. The zero-order chi connectivity index (χ0) is 13.8. The minimum Gasteiger partial charge on any atom is -0.482 e. The molecule has 0 aliphatic heterocycles. The molecule has 6 nitrogen and oxygen atoms in total. The Morgan fingerprint density at radius 3 is 2.84 bits per heavy atom. The van der Waals surface area contributed by atoms with Gasteiger partial charge in [0, 0.05) is 13.0 Å². The number of carbonyl (C=O) groups excluding carboxylic acids is 1. The number of pyridine rings is 1. The van der Waals surface area contributed by atoms with Crippen LogP contribution in [0, 0.1) is 0 Å². The van der Waals surface area contributed by atoms with Crippen LogP contribution in [0.3, 0.4) is 0 Å². The smallest absolute Gasteiger partial charge is 0.358 e. The molecule has 2 aromatic rings. The van der Waals surface area contributed by atoms with Gasteiger partial charge < -0.3 is 14.8 Å². The average Bonchev–Trinajstić information content (AvgIpc) is 2.83. The summed E-state index contributed by atoms with van der Waals surface area (Å²) in [5, 5.41) is 3.06. The second kappa shape index (κ2) is 5.71. The number of carbonyl (C=O) groups is 1. The summed E-state index contributed by atoms with van der Waals surface area (Å²) in [7, 11) is 4.81. The summed E-state index contributed by atoms with van der Waals surface area (Å²) in [6, 6.07) is 5.48. The maximum atomic E-state index is 11.8. The van der Waals surface area contributed by atoms with Crippen molar-refractivity contribution >= 4 is 11.5 Å². The molecule has 2 heterocycles. The fourth-order valence-corrected chi connectivity index (χ4v) is 1.99. The number of esters is 1. The highest BCUT2D eigenvalue weighted by atomic mass is 16.5. The molecule has 0 bridgehead atoms. The molecule has 1 N–H and O–H groups in total. The monoisotopic (exact) mass is 263 g/mol. The summed E-state index contributed by atoms with van der Waals surface area (Å²) in [5.41, 5.74) is 1.00. The molecule has 19 heavy (non-hydrogen) atoms. The molecule has 2 rings (SSSR count). The van der Waals surface area contributed by atoms with Crippen LogP contribution in [0.15, 0.2) is 18.2 Å². The van der Waals surface area contributed by atoms with E-state index in [2.05, 4.69) is 10.3 Å². The maximum absolute atomic E-state index is 11.8. The Balaban J connectivity index is 2.62. The predicted octanol–water partition coefficient (Wildman–Crippen LogP) is 0.891. The Hall–Kier alpha value is -2.08. The molecule has 0 fully saturated rings. The number of nitrogens with zero attached hydrogens (tertiary/aromatic N) is 2. The van der Waals surface area contributed by atoms with Crippen LogP contribution in [0.5, 0.6) is 5.88 Å². The molecule has 0 atom stereocenters. The highest BCUT2D eigenvalue weighted by Gasteiger charge is 2.19. The standard InChI is InChI=1S/C13H17N3O3/c1-14-8-7-10-15-12(13(17)19-3)9-5-4-6-11(18-2)16(9)10/h4-6,14H,7-8H2,1-3H3. The van der Waals surface area contributed by atoms with E-state index in [-0.39, 0.29) is 0 Å². The molecule has 102 valence electrons. The van der Waals surface area contributed by atoms with Crippen molar-refractivity contribution in [2.24, 2.45) is 0 Å². The minimum absolute atomic E-state index is 0.313. The van der Waals surface area contributed by atoms with Crippen molar-refractivity contribution in [3.63, 3.8) is 0 Å². The van der Waals surface area contributed by atoms with Crippen LogP contribution in [-0.4, -0.2) is 43.2 Å². The van der Waals surface area contributed by atoms with E-state index in [4.69, 9.17) is 9.47 Å². The van der Waals surface area contributed by atoms with Gasteiger partial charge in [-0.1, -0.05) is 6.07 Å². The van der Waals surface area contributed by atoms with E-state index in [1.165, 1.54) is 7.11 Å². The number of hydrogen-bond donors (Lipinski definition) is 1. The van der Waals surface area contributed by atoms with Gasteiger partial charge in [-0.2, -0.15) is 0 Å². The number of methoxy groups -OCH3 is 2. The number of imidazole rings is 1. The summed E-state index contributed by atoms with van der Waals surface area (Å²) < 4.78 is 11.9. The van der Waals surface area contributed by atoms with Gasteiger partial charge in [0.25, 0.3) is 0 Å². The van der Waals surface area contributed by atoms with Gasteiger partial charge in [0.05, 0.1) is 19.7 Å². The van der Waals surface area contributed by atoms with Crippen LogP contribution in [-0.2, 0) is 11.2 Å². The first-order valence-corrected chi connectivity index (χ1v) is 6.00. The molecule has 0 unspecified atom stereocenters. The van der Waals surface area contributed by atoms with Gasteiger partial charge >= 0.3 is 5.97 Å². The predicted molar refractivity (Wildman–Crippen MR) is 70.7 cm³/mol. The van der Waals surface area contributed by atoms with E-state index in [1.54, 1.807) is 7.11 Å². The fraction of sp³-hybridized carbons (Fsp3) is 0.385. The Bertz CT molecular complexity index is 592. The normalized spacial score (nSPS) is 10.7. The van der Waals surface area contributed by atoms with Crippen LogP contribution >= 0.6 is 0 Å². The summed E-state index contributed by atoms with van der Waals surface area (Å²) in [4.78, 5) is 16.1. The Morgan fingerprint density at radius 2 is 2.21 bits per heavy atom. The molecule has 0 spiro atoms. The lowest BCUT2D eigenvalue weighted by Gasteiger charge is -2.06. The van der Waals surface area contributed by atoms with E-state index in [9.17, 15) is 4.79 Å². The van der Waals surface area contributed by atoms with E-state index in [0.717, 1.165) is 12.4 Å². The van der Waals surface area contributed by atoms with Crippen LogP contribution in [0.4, 0.5) is 0 Å². The second-order valence-electron chi connectivity index (χ2n) is 4.01. The number of hydrogen-bond acceptors (Lipinski definition) is 5. The topological polar surface area (TPSA) is 64.9 Å². The van der Waals surface area contributed by atoms with Crippen LogP contribution in [0.25, 0.3) is 5.52 Å². The number of nitrogens with one attached hydrogen (secondary N) is 1. The molecule has 2 aromatic heterocycles. The Morgan fingerprint density at radius 1 is 1.42 bits per heavy atom. The lowest BCUT2D eigenvalue weighted by Crippen LogP contribution is -2.12. The van der Waals surface area contributed by atoms with Crippen molar-refractivity contribution in [1.29, 1.82) is 0 Å². The first-order valence-electron chi connectivity index (χ1n) is 6.00. The quantitative estimate of drug-likeness (QED) is 0.812. The average molecular weight is 263 g/mol. The molecule has 0 saturated heterocycles. The van der Waals surface area contributed by atoms with E-state index < -0.39 is 5.97 Å². The molecule has 6 heteroatoms. The van der Waals surface area contributed by atoms with E-state index >= 15 is 0 Å². The Labute approximate surface area is 111 Å². The van der Waals surface area contributed by atoms with Gasteiger partial charge in [0.15, 0.2) is 11.6 Å². The lowest BCUT2D eigenvalue weighted by molar-refractivity contribution is 0.0597. The van der Waals surface area contributed by atoms with Crippen molar-refractivity contribution in [2.45, 2.75) is 6.42 Å². The van der Waals surface area contributed by atoms with Crippen molar-refractivity contribution in [3.05, 3.63) is 29.7 Å². The van der Waals surface area contributed by atoms with Gasteiger partial charge in [-0.25, -0.2) is 9.78 Å². The van der Waals surface area contributed by atoms with Gasteiger partial charge in [0.2, 0.25) is 0 Å². The maximum Gasteiger partial charge on any atom is 0.358 e. The van der Waals surface area contributed by atoms with Crippen LogP contribution in [0.1, 0.15) is 16.3 Å². The number of fused-ring (bicyclic) bond motifs is 1. The minimum atomic E-state index is -0.443. The number of ether oxygens (including phenoxy) is 2. The summed E-state index contributed by atoms with van der Waals surface area (Å²) in [6.07, 6.45) is 0.690. The SMILES string of the molecule is CNCCc1nc(C(=O)OC)c2cccc(OC)n12. The third-order valence-electron chi connectivity index (χ3n) is 2.88. The lowest BCUT2D eigenvalue weighted by atomic mass is 10.3. The highest BCUT2D eigenvalue weighted by Crippen LogP contribution is 2.21. The molecule has 0 aromatic carbocycles. The molecule has 0 aliphatic carbocycles. The molecular weight excluding hydrogens is 246 g/mol. The van der Waals surface area contributed by atoms with E-state index in [0.29, 0.717) is 23.5 Å². The molecule has 0 aliphatic rings. The van der Waals surface area contributed by atoms with Crippen molar-refractivity contribution < 1.29 is 14.3 Å². The third-order valence-corrected chi connectivity index (χ3v) is 2.88. The van der Waals surface area contributed by atoms with Crippen molar-refractivity contribution in [1.82, 2.24) is 14.7 Å². The zero-order valence-corrected chi connectivity index (χ0v) is 11.3. The summed E-state index contributed by atoms with van der Waals surface area (Å²) >= 11 is 0.